The van der Waals surface area contributed by atoms with Crippen LogP contribution in [0, 0.1) is 12.8 Å². The molecule has 1 aliphatic heterocycles. The number of hydrogen-bond acceptors (Lipinski definition) is 4. The number of rotatable bonds is 8. The van der Waals surface area contributed by atoms with E-state index in [1.54, 1.807) is 26.2 Å². The molecule has 1 aliphatic rings. The fraction of sp³-hybridized carbons (Fsp3) is 0.600. The van der Waals surface area contributed by atoms with E-state index in [4.69, 9.17) is 9.47 Å². The first kappa shape index (κ1) is 20.4. The lowest BCUT2D eigenvalue weighted by molar-refractivity contribution is -0.148. The normalized spacial score (nSPS) is 20.3. The molecule has 0 bridgehead atoms. The van der Waals surface area contributed by atoms with Gasteiger partial charge in [0.15, 0.2) is 0 Å². The quantitative estimate of drug-likeness (QED) is 0.710. The summed E-state index contributed by atoms with van der Waals surface area (Å²) in [7, 11) is 5.05. The van der Waals surface area contributed by atoms with E-state index in [1.807, 2.05) is 36.1 Å². The second-order valence-corrected chi connectivity index (χ2v) is 6.78. The zero-order valence-corrected chi connectivity index (χ0v) is 16.2. The molecular weight excluding hydrogens is 332 g/mol. The van der Waals surface area contributed by atoms with Crippen molar-refractivity contribution in [2.75, 3.05) is 47.6 Å². The molecule has 144 valence electrons. The fourth-order valence-electron chi connectivity index (χ4n) is 3.59. The number of amides is 2. The number of carbonyl (C=O) groups is 2. The second-order valence-electron chi connectivity index (χ2n) is 6.78. The van der Waals surface area contributed by atoms with Crippen LogP contribution in [-0.2, 0) is 19.1 Å². The van der Waals surface area contributed by atoms with Crippen LogP contribution in [0.2, 0.25) is 0 Å². The monoisotopic (exact) mass is 362 g/mol. The molecule has 0 spiro atoms. The van der Waals surface area contributed by atoms with E-state index in [-0.39, 0.29) is 23.8 Å². The fourth-order valence-corrected chi connectivity index (χ4v) is 3.59. The highest BCUT2D eigenvalue weighted by molar-refractivity contribution is 5.85. The third kappa shape index (κ3) is 4.62. The van der Waals surface area contributed by atoms with Gasteiger partial charge < -0.3 is 19.3 Å². The van der Waals surface area contributed by atoms with Crippen LogP contribution in [-0.4, -0.2) is 69.2 Å². The average molecular weight is 362 g/mol. The van der Waals surface area contributed by atoms with Crippen LogP contribution in [0.15, 0.2) is 24.3 Å². The van der Waals surface area contributed by atoms with Gasteiger partial charge >= 0.3 is 0 Å². The number of methoxy groups -OCH3 is 2. The number of likely N-dealkylation sites (N-methyl/N-ethyl adjacent to an activating group) is 1. The highest BCUT2D eigenvalue weighted by Gasteiger charge is 2.41. The van der Waals surface area contributed by atoms with Gasteiger partial charge in [-0.15, -0.1) is 0 Å². The number of nitrogens with zero attached hydrogens (tertiary/aromatic N) is 2. The van der Waals surface area contributed by atoms with Gasteiger partial charge in [0.2, 0.25) is 11.8 Å². The lowest BCUT2D eigenvalue weighted by Gasteiger charge is -2.42. The Hall–Kier alpha value is -1.92. The van der Waals surface area contributed by atoms with Crippen LogP contribution in [0.4, 0.5) is 0 Å². The summed E-state index contributed by atoms with van der Waals surface area (Å²) in [4.78, 5) is 29.3. The number of ether oxygens (including phenoxy) is 2. The third-order valence-electron chi connectivity index (χ3n) is 5.07. The van der Waals surface area contributed by atoms with Crippen LogP contribution in [0.25, 0.3) is 0 Å². The Kier molecular flexibility index (Phi) is 7.60. The number of aryl methyl sites for hydroxylation is 1. The van der Waals surface area contributed by atoms with Crippen molar-refractivity contribution in [1.82, 2.24) is 9.80 Å². The summed E-state index contributed by atoms with van der Waals surface area (Å²) >= 11 is 0. The minimum absolute atomic E-state index is 0.0604. The topological polar surface area (TPSA) is 59.1 Å². The van der Waals surface area contributed by atoms with Crippen molar-refractivity contribution in [3.05, 3.63) is 35.4 Å². The highest BCUT2D eigenvalue weighted by Crippen LogP contribution is 2.38. The predicted molar refractivity (Wildman–Crippen MR) is 99.7 cm³/mol. The lowest BCUT2D eigenvalue weighted by Crippen LogP contribution is -2.49. The van der Waals surface area contributed by atoms with Crippen molar-refractivity contribution in [1.29, 1.82) is 0 Å². The third-order valence-corrected chi connectivity index (χ3v) is 5.07. The molecule has 0 aromatic heterocycles. The summed E-state index contributed by atoms with van der Waals surface area (Å²) in [6.07, 6.45) is 0.956. The summed E-state index contributed by atoms with van der Waals surface area (Å²) < 4.78 is 10.3. The highest BCUT2D eigenvalue weighted by atomic mass is 16.5. The van der Waals surface area contributed by atoms with Gasteiger partial charge in [-0.05, 0) is 24.5 Å². The molecule has 2 amide bonds. The first-order valence-electron chi connectivity index (χ1n) is 9.09. The van der Waals surface area contributed by atoms with Crippen molar-refractivity contribution in [2.24, 2.45) is 5.92 Å². The van der Waals surface area contributed by atoms with E-state index in [9.17, 15) is 9.59 Å². The SMILES string of the molecule is COCCN(C)C(=O)[C@@H]1CCC(=O)N(CCOC)[C@H]1c1ccccc1C. The zero-order valence-electron chi connectivity index (χ0n) is 16.2. The molecule has 1 fully saturated rings. The van der Waals surface area contributed by atoms with Crippen molar-refractivity contribution in [3.8, 4) is 0 Å². The van der Waals surface area contributed by atoms with Gasteiger partial charge in [-0.25, -0.2) is 0 Å². The number of piperidine rings is 1. The Morgan fingerprint density at radius 3 is 2.58 bits per heavy atom. The number of hydrogen-bond donors (Lipinski definition) is 0. The van der Waals surface area contributed by atoms with Crippen molar-refractivity contribution >= 4 is 11.8 Å². The van der Waals surface area contributed by atoms with Gasteiger partial charge in [-0.2, -0.15) is 0 Å². The van der Waals surface area contributed by atoms with Crippen LogP contribution < -0.4 is 0 Å². The largest absolute Gasteiger partial charge is 0.383 e. The van der Waals surface area contributed by atoms with Crippen molar-refractivity contribution in [3.63, 3.8) is 0 Å². The van der Waals surface area contributed by atoms with E-state index in [0.29, 0.717) is 39.1 Å². The van der Waals surface area contributed by atoms with E-state index in [0.717, 1.165) is 11.1 Å². The van der Waals surface area contributed by atoms with Crippen LogP contribution >= 0.6 is 0 Å². The van der Waals surface area contributed by atoms with E-state index in [1.165, 1.54) is 0 Å². The first-order valence-corrected chi connectivity index (χ1v) is 9.09. The lowest BCUT2D eigenvalue weighted by atomic mass is 9.81. The number of benzene rings is 1. The maximum Gasteiger partial charge on any atom is 0.227 e. The Morgan fingerprint density at radius 2 is 1.92 bits per heavy atom. The Labute approximate surface area is 156 Å². The Balaban J connectivity index is 2.36. The van der Waals surface area contributed by atoms with Gasteiger partial charge in [-0.1, -0.05) is 24.3 Å². The molecule has 0 saturated carbocycles. The molecule has 0 radical (unpaired) electrons. The average Bonchev–Trinajstić information content (AvgIpc) is 2.65. The molecule has 2 rings (SSSR count). The molecular formula is C20H30N2O4. The smallest absolute Gasteiger partial charge is 0.227 e. The van der Waals surface area contributed by atoms with Gasteiger partial charge in [-0.3, -0.25) is 9.59 Å². The molecule has 1 heterocycles. The molecule has 0 unspecified atom stereocenters. The van der Waals surface area contributed by atoms with Crippen LogP contribution in [0.5, 0.6) is 0 Å². The molecule has 26 heavy (non-hydrogen) atoms. The van der Waals surface area contributed by atoms with Gasteiger partial charge in [0.25, 0.3) is 0 Å². The maximum absolute atomic E-state index is 13.1. The van der Waals surface area contributed by atoms with Gasteiger partial charge in [0.05, 0.1) is 25.2 Å². The maximum atomic E-state index is 13.1. The Bertz CT molecular complexity index is 620. The molecule has 2 atom stereocenters. The van der Waals surface area contributed by atoms with Gasteiger partial charge in [0.1, 0.15) is 0 Å². The van der Waals surface area contributed by atoms with E-state index < -0.39 is 0 Å². The summed E-state index contributed by atoms with van der Waals surface area (Å²) in [5, 5.41) is 0. The molecule has 0 N–H and O–H groups in total. The zero-order chi connectivity index (χ0) is 19.1. The van der Waals surface area contributed by atoms with E-state index >= 15 is 0 Å². The summed E-state index contributed by atoms with van der Waals surface area (Å²) in [6.45, 7) is 4.00. The van der Waals surface area contributed by atoms with Crippen molar-refractivity contribution in [2.45, 2.75) is 25.8 Å². The Morgan fingerprint density at radius 1 is 1.23 bits per heavy atom. The summed E-state index contributed by atoms with van der Waals surface area (Å²) in [5.74, 6) is -0.114. The second kappa shape index (κ2) is 9.69. The van der Waals surface area contributed by atoms with Crippen molar-refractivity contribution < 1.29 is 19.1 Å². The van der Waals surface area contributed by atoms with Crippen LogP contribution in [0.1, 0.15) is 30.0 Å². The molecule has 6 nitrogen and oxygen atoms in total. The molecule has 6 heteroatoms. The van der Waals surface area contributed by atoms with Gasteiger partial charge in [0, 0.05) is 40.8 Å². The molecule has 1 aromatic rings. The molecule has 1 saturated heterocycles. The minimum Gasteiger partial charge on any atom is -0.383 e. The minimum atomic E-state index is -0.259. The molecule has 0 aliphatic carbocycles. The number of likely N-dealkylation sites (tertiary alicyclic amines) is 1. The van der Waals surface area contributed by atoms with Crippen LogP contribution in [0.3, 0.4) is 0 Å². The predicted octanol–water partition coefficient (Wildman–Crippen LogP) is 2.03. The first-order chi connectivity index (χ1) is 12.5. The molecule has 1 aromatic carbocycles. The summed E-state index contributed by atoms with van der Waals surface area (Å²) in [6, 6.07) is 7.73. The van der Waals surface area contributed by atoms with E-state index in [2.05, 4.69) is 0 Å². The standard InChI is InChI=1S/C20H30N2O4/c1-15-7-5-6-8-16(15)19-17(20(24)21(2)11-13-25-3)9-10-18(23)22(19)12-14-26-4/h5-8,17,19H,9-14H2,1-4H3/t17-,19+/m1/s1. The summed E-state index contributed by atoms with van der Waals surface area (Å²) in [5.41, 5.74) is 2.13. The number of carbonyl (C=O) groups excluding carboxylic acids is 2.